The Labute approximate surface area is 129 Å². The summed E-state index contributed by atoms with van der Waals surface area (Å²) in [6, 6.07) is 12.6. The molecule has 0 unspecified atom stereocenters. The summed E-state index contributed by atoms with van der Waals surface area (Å²) < 4.78 is 18.7. The van der Waals surface area contributed by atoms with E-state index in [0.717, 1.165) is 25.1 Å². The van der Waals surface area contributed by atoms with Gasteiger partial charge < -0.3 is 10.1 Å². The molecule has 2 aromatic carbocycles. The Bertz CT molecular complexity index is 589. The van der Waals surface area contributed by atoms with Crippen LogP contribution in [0.4, 0.5) is 4.39 Å². The molecule has 0 spiro atoms. The first-order chi connectivity index (χ1) is 10.2. The van der Waals surface area contributed by atoms with Gasteiger partial charge in [0.05, 0.1) is 5.02 Å². The van der Waals surface area contributed by atoms with Gasteiger partial charge in [-0.3, -0.25) is 0 Å². The molecule has 2 aromatic rings. The topological polar surface area (TPSA) is 21.3 Å². The maximum absolute atomic E-state index is 13.1. The molecule has 0 aromatic heterocycles. The van der Waals surface area contributed by atoms with Gasteiger partial charge in [0.25, 0.3) is 0 Å². The lowest BCUT2D eigenvalue weighted by Crippen LogP contribution is -2.13. The van der Waals surface area contributed by atoms with Crippen LogP contribution in [0.25, 0.3) is 0 Å². The van der Waals surface area contributed by atoms with Gasteiger partial charge in [0.2, 0.25) is 0 Å². The number of rotatable bonds is 7. The van der Waals surface area contributed by atoms with Crippen molar-refractivity contribution in [2.75, 3.05) is 6.54 Å². The van der Waals surface area contributed by atoms with Crippen molar-refractivity contribution in [2.45, 2.75) is 26.5 Å². The molecule has 0 aliphatic rings. The number of hydrogen-bond acceptors (Lipinski definition) is 2. The van der Waals surface area contributed by atoms with E-state index in [9.17, 15) is 4.39 Å². The Morgan fingerprint density at radius 3 is 2.71 bits per heavy atom. The SMILES string of the molecule is CCCNCc1cccc(COc2ccc(F)c(Cl)c2)c1. The summed E-state index contributed by atoms with van der Waals surface area (Å²) in [6.45, 7) is 4.44. The first kappa shape index (κ1) is 15.8. The first-order valence-corrected chi connectivity index (χ1v) is 7.43. The lowest BCUT2D eigenvalue weighted by atomic mass is 10.1. The monoisotopic (exact) mass is 307 g/mol. The second-order valence-electron chi connectivity index (χ2n) is 4.86. The van der Waals surface area contributed by atoms with E-state index in [4.69, 9.17) is 16.3 Å². The Kier molecular flexibility index (Phi) is 6.03. The third-order valence-electron chi connectivity index (χ3n) is 3.04. The first-order valence-electron chi connectivity index (χ1n) is 7.05. The van der Waals surface area contributed by atoms with Crippen LogP contribution in [-0.4, -0.2) is 6.54 Å². The van der Waals surface area contributed by atoms with Gasteiger partial charge in [-0.15, -0.1) is 0 Å². The van der Waals surface area contributed by atoms with Gasteiger partial charge in [-0.05, 0) is 36.2 Å². The van der Waals surface area contributed by atoms with Crippen molar-refractivity contribution in [3.05, 3.63) is 64.4 Å². The van der Waals surface area contributed by atoms with Crippen molar-refractivity contribution >= 4 is 11.6 Å². The number of hydrogen-bond donors (Lipinski definition) is 1. The van der Waals surface area contributed by atoms with Gasteiger partial charge in [0.1, 0.15) is 18.2 Å². The standard InChI is InChI=1S/C17H19ClFNO/c1-2-8-20-11-13-4-3-5-14(9-13)12-21-15-6-7-17(19)16(18)10-15/h3-7,9-10,20H,2,8,11-12H2,1H3. The predicted molar refractivity (Wildman–Crippen MR) is 84.2 cm³/mol. The summed E-state index contributed by atoms with van der Waals surface area (Å²) >= 11 is 5.73. The summed E-state index contributed by atoms with van der Waals surface area (Å²) in [7, 11) is 0. The minimum Gasteiger partial charge on any atom is -0.489 e. The van der Waals surface area contributed by atoms with Crippen molar-refractivity contribution in [3.8, 4) is 5.75 Å². The third-order valence-corrected chi connectivity index (χ3v) is 3.33. The van der Waals surface area contributed by atoms with Crippen LogP contribution in [-0.2, 0) is 13.2 Å². The number of ether oxygens (including phenoxy) is 1. The fourth-order valence-corrected chi connectivity index (χ4v) is 2.14. The minimum atomic E-state index is -0.437. The van der Waals surface area contributed by atoms with E-state index >= 15 is 0 Å². The summed E-state index contributed by atoms with van der Waals surface area (Å²) in [5, 5.41) is 3.44. The van der Waals surface area contributed by atoms with Crippen LogP contribution < -0.4 is 10.1 Å². The van der Waals surface area contributed by atoms with E-state index in [1.807, 2.05) is 12.1 Å². The normalized spacial score (nSPS) is 10.6. The van der Waals surface area contributed by atoms with Crippen molar-refractivity contribution < 1.29 is 9.13 Å². The highest BCUT2D eigenvalue weighted by Gasteiger charge is 2.02. The van der Waals surface area contributed by atoms with Crippen molar-refractivity contribution in [1.82, 2.24) is 5.32 Å². The van der Waals surface area contributed by atoms with Crippen LogP contribution in [0.15, 0.2) is 42.5 Å². The second kappa shape index (κ2) is 8.01. The molecule has 0 bridgehead atoms. The number of halogens is 2. The van der Waals surface area contributed by atoms with E-state index in [-0.39, 0.29) is 5.02 Å². The van der Waals surface area contributed by atoms with Crippen LogP contribution in [0.1, 0.15) is 24.5 Å². The van der Waals surface area contributed by atoms with Gasteiger partial charge in [-0.2, -0.15) is 0 Å². The van der Waals surface area contributed by atoms with Crippen LogP contribution in [0.2, 0.25) is 5.02 Å². The van der Waals surface area contributed by atoms with Crippen LogP contribution in [0.5, 0.6) is 5.75 Å². The average molecular weight is 308 g/mol. The lowest BCUT2D eigenvalue weighted by Gasteiger charge is -2.09. The molecule has 0 aliphatic heterocycles. The summed E-state index contributed by atoms with van der Waals surface area (Å²) in [5.41, 5.74) is 2.30. The quantitative estimate of drug-likeness (QED) is 0.757. The molecule has 0 heterocycles. The van der Waals surface area contributed by atoms with Crippen molar-refractivity contribution in [3.63, 3.8) is 0 Å². The zero-order valence-corrected chi connectivity index (χ0v) is 12.8. The Morgan fingerprint density at radius 2 is 1.95 bits per heavy atom. The van der Waals surface area contributed by atoms with Crippen LogP contribution in [0, 0.1) is 5.82 Å². The van der Waals surface area contributed by atoms with Crippen LogP contribution in [0.3, 0.4) is 0 Å². The van der Waals surface area contributed by atoms with E-state index in [1.165, 1.54) is 17.7 Å². The average Bonchev–Trinajstić information content (AvgIpc) is 2.49. The van der Waals surface area contributed by atoms with Gasteiger partial charge in [-0.25, -0.2) is 4.39 Å². The highest BCUT2D eigenvalue weighted by atomic mass is 35.5. The number of nitrogens with one attached hydrogen (secondary N) is 1. The second-order valence-corrected chi connectivity index (χ2v) is 5.27. The molecule has 0 saturated carbocycles. The number of benzene rings is 2. The van der Waals surface area contributed by atoms with Gasteiger partial charge in [0, 0.05) is 12.6 Å². The Balaban J connectivity index is 1.93. The van der Waals surface area contributed by atoms with Crippen molar-refractivity contribution in [1.29, 1.82) is 0 Å². The van der Waals surface area contributed by atoms with E-state index in [0.29, 0.717) is 12.4 Å². The molecule has 0 saturated heterocycles. The molecule has 21 heavy (non-hydrogen) atoms. The lowest BCUT2D eigenvalue weighted by molar-refractivity contribution is 0.305. The Morgan fingerprint density at radius 1 is 1.14 bits per heavy atom. The van der Waals surface area contributed by atoms with Gasteiger partial charge >= 0.3 is 0 Å². The highest BCUT2D eigenvalue weighted by molar-refractivity contribution is 6.30. The summed E-state index contributed by atoms with van der Waals surface area (Å²) in [6.07, 6.45) is 1.12. The summed E-state index contributed by atoms with van der Waals surface area (Å²) in [4.78, 5) is 0. The molecule has 2 nitrogen and oxygen atoms in total. The molecule has 0 amide bonds. The summed E-state index contributed by atoms with van der Waals surface area (Å²) in [5.74, 6) is 0.129. The fraction of sp³-hybridized carbons (Fsp3) is 0.294. The van der Waals surface area contributed by atoms with E-state index in [2.05, 4.69) is 24.4 Å². The third kappa shape index (κ3) is 5.03. The van der Waals surface area contributed by atoms with E-state index < -0.39 is 5.82 Å². The maximum atomic E-state index is 13.1. The van der Waals surface area contributed by atoms with Crippen molar-refractivity contribution in [2.24, 2.45) is 0 Å². The molecule has 2 rings (SSSR count). The highest BCUT2D eigenvalue weighted by Crippen LogP contribution is 2.22. The van der Waals surface area contributed by atoms with Gasteiger partial charge in [0.15, 0.2) is 0 Å². The zero-order valence-electron chi connectivity index (χ0n) is 12.0. The molecule has 0 radical (unpaired) electrons. The molecule has 1 N–H and O–H groups in total. The predicted octanol–water partition coefficient (Wildman–Crippen LogP) is 4.56. The molecule has 4 heteroatoms. The molecular weight excluding hydrogens is 289 g/mol. The molecule has 112 valence electrons. The van der Waals surface area contributed by atoms with E-state index in [1.54, 1.807) is 6.07 Å². The fourth-order valence-electron chi connectivity index (χ4n) is 1.97. The smallest absolute Gasteiger partial charge is 0.142 e. The van der Waals surface area contributed by atoms with Crippen LogP contribution >= 0.6 is 11.6 Å². The molecule has 0 atom stereocenters. The molecular formula is C17H19ClFNO. The maximum Gasteiger partial charge on any atom is 0.142 e. The molecule has 0 aliphatic carbocycles. The zero-order chi connectivity index (χ0) is 15.1. The Hall–Kier alpha value is -1.58. The van der Waals surface area contributed by atoms with Gasteiger partial charge in [-0.1, -0.05) is 42.8 Å². The molecule has 0 fully saturated rings. The minimum absolute atomic E-state index is 0.0741. The largest absolute Gasteiger partial charge is 0.489 e.